The van der Waals surface area contributed by atoms with Crippen molar-refractivity contribution >= 4 is 0 Å². The van der Waals surface area contributed by atoms with Crippen LogP contribution in [0.25, 0.3) is 0 Å². The normalized spacial score (nSPS) is 12.9. The summed E-state index contributed by atoms with van der Waals surface area (Å²) in [5.41, 5.74) is 7.07. The fourth-order valence-electron chi connectivity index (χ4n) is 1.70. The highest BCUT2D eigenvalue weighted by atomic mass is 19.1. The van der Waals surface area contributed by atoms with E-state index in [1.807, 2.05) is 0 Å². The first-order valence-corrected chi connectivity index (χ1v) is 6.62. The lowest BCUT2D eigenvalue weighted by Gasteiger charge is -2.12. The van der Waals surface area contributed by atoms with Gasteiger partial charge in [-0.05, 0) is 56.0 Å². The molecule has 0 fully saturated rings. The zero-order valence-electron chi connectivity index (χ0n) is 11.3. The van der Waals surface area contributed by atoms with Crippen LogP contribution in [-0.2, 0) is 6.42 Å². The zero-order valence-corrected chi connectivity index (χ0v) is 11.3. The van der Waals surface area contributed by atoms with Gasteiger partial charge in [-0.3, -0.25) is 0 Å². The topological polar surface area (TPSA) is 38.0 Å². The molecule has 0 bridgehead atoms. The Morgan fingerprint density at radius 3 is 2.56 bits per heavy atom. The number of hydrogen-bond acceptors (Lipinski definition) is 2. The molecule has 1 aromatic carbocycles. The van der Waals surface area contributed by atoms with Crippen LogP contribution in [0.2, 0.25) is 0 Å². The number of rotatable bonds is 8. The van der Waals surface area contributed by atoms with E-state index in [1.54, 1.807) is 12.1 Å². The Balaban J connectivity index is 2.13. The van der Waals surface area contributed by atoms with E-state index in [4.69, 9.17) is 5.73 Å². The molecule has 0 spiro atoms. The molecular formula is C15H24FN2. The van der Waals surface area contributed by atoms with Crippen molar-refractivity contribution in [3.63, 3.8) is 0 Å². The van der Waals surface area contributed by atoms with E-state index in [0.717, 1.165) is 31.0 Å². The van der Waals surface area contributed by atoms with Gasteiger partial charge in [0.25, 0.3) is 0 Å². The highest BCUT2D eigenvalue weighted by Gasteiger charge is 2.04. The minimum Gasteiger partial charge on any atom is -0.327 e. The van der Waals surface area contributed by atoms with Crippen LogP contribution in [0, 0.1) is 18.2 Å². The van der Waals surface area contributed by atoms with Crippen LogP contribution >= 0.6 is 0 Å². The number of nitrogens with two attached hydrogens (primary N) is 1. The molecule has 1 radical (unpaired) electrons. The summed E-state index contributed by atoms with van der Waals surface area (Å²) in [4.78, 5) is 0. The van der Waals surface area contributed by atoms with Gasteiger partial charge in [-0.1, -0.05) is 26.0 Å². The Kier molecular flexibility index (Phi) is 6.91. The molecule has 0 saturated heterocycles. The summed E-state index contributed by atoms with van der Waals surface area (Å²) in [6.45, 7) is 6.28. The average Bonchev–Trinajstić information content (AvgIpc) is 2.31. The van der Waals surface area contributed by atoms with Crippen molar-refractivity contribution in [3.05, 3.63) is 42.1 Å². The quantitative estimate of drug-likeness (QED) is 0.697. The van der Waals surface area contributed by atoms with Crippen LogP contribution in [0.4, 0.5) is 4.39 Å². The number of nitrogens with one attached hydrogen (secondary N) is 1. The van der Waals surface area contributed by atoms with Crippen LogP contribution in [-0.4, -0.2) is 19.1 Å². The second kappa shape index (κ2) is 8.22. The van der Waals surface area contributed by atoms with E-state index >= 15 is 0 Å². The van der Waals surface area contributed by atoms with Gasteiger partial charge in [0.1, 0.15) is 5.82 Å². The first kappa shape index (κ1) is 15.1. The molecule has 101 valence electrons. The van der Waals surface area contributed by atoms with Crippen molar-refractivity contribution in [2.24, 2.45) is 11.7 Å². The third kappa shape index (κ3) is 6.72. The van der Waals surface area contributed by atoms with Crippen LogP contribution < -0.4 is 11.1 Å². The molecule has 0 unspecified atom stereocenters. The number of halogens is 1. The SMILES string of the molecule is CC(C)CCNC[CH][C@H](N)Cc1ccc(F)cc1. The zero-order chi connectivity index (χ0) is 13.4. The van der Waals surface area contributed by atoms with E-state index in [-0.39, 0.29) is 11.9 Å². The predicted molar refractivity (Wildman–Crippen MR) is 74.7 cm³/mol. The van der Waals surface area contributed by atoms with Gasteiger partial charge < -0.3 is 11.1 Å². The highest BCUT2D eigenvalue weighted by Crippen LogP contribution is 2.06. The third-order valence-electron chi connectivity index (χ3n) is 2.85. The molecule has 0 heterocycles. The minimum absolute atomic E-state index is 0.0158. The molecule has 2 nitrogen and oxygen atoms in total. The van der Waals surface area contributed by atoms with E-state index in [2.05, 4.69) is 25.6 Å². The summed E-state index contributed by atoms with van der Waals surface area (Å²) in [6.07, 6.45) is 4.01. The third-order valence-corrected chi connectivity index (χ3v) is 2.85. The molecule has 0 aliphatic rings. The molecule has 0 amide bonds. The maximum absolute atomic E-state index is 12.7. The molecule has 1 atom stereocenters. The first-order chi connectivity index (χ1) is 8.58. The van der Waals surface area contributed by atoms with Crippen molar-refractivity contribution in [3.8, 4) is 0 Å². The van der Waals surface area contributed by atoms with Gasteiger partial charge in [0.15, 0.2) is 0 Å². The van der Waals surface area contributed by atoms with Crippen molar-refractivity contribution in [1.29, 1.82) is 0 Å². The number of benzene rings is 1. The summed E-state index contributed by atoms with van der Waals surface area (Å²) in [5.74, 6) is 0.525. The van der Waals surface area contributed by atoms with Gasteiger partial charge in [0.2, 0.25) is 0 Å². The Morgan fingerprint density at radius 1 is 1.28 bits per heavy atom. The highest BCUT2D eigenvalue weighted by molar-refractivity contribution is 5.17. The molecule has 0 saturated carbocycles. The fraction of sp³-hybridized carbons (Fsp3) is 0.533. The molecule has 1 aromatic rings. The molecule has 1 rings (SSSR count). The standard InChI is InChI=1S/C15H24FN2/c1-12(2)7-9-18-10-8-15(17)11-13-3-5-14(16)6-4-13/h3-6,8,12,15,18H,7,9-11,17H2,1-2H3/t15-/m0/s1. The largest absolute Gasteiger partial charge is 0.327 e. The number of hydrogen-bond donors (Lipinski definition) is 2. The van der Waals surface area contributed by atoms with Crippen LogP contribution in [0.5, 0.6) is 0 Å². The predicted octanol–water partition coefficient (Wildman–Crippen LogP) is 2.54. The molecule has 0 aliphatic heterocycles. The van der Waals surface area contributed by atoms with Gasteiger partial charge >= 0.3 is 0 Å². The lowest BCUT2D eigenvalue weighted by atomic mass is 10.0. The van der Waals surface area contributed by atoms with Gasteiger partial charge in [0.05, 0.1) is 0 Å². The molecular weight excluding hydrogens is 227 g/mol. The van der Waals surface area contributed by atoms with Crippen LogP contribution in [0.15, 0.2) is 24.3 Å². The maximum Gasteiger partial charge on any atom is 0.123 e. The van der Waals surface area contributed by atoms with E-state index in [1.165, 1.54) is 18.6 Å². The molecule has 3 heteroatoms. The second-order valence-electron chi connectivity index (χ2n) is 5.12. The summed E-state index contributed by atoms with van der Waals surface area (Å²) in [7, 11) is 0. The Bertz CT molecular complexity index is 322. The summed E-state index contributed by atoms with van der Waals surface area (Å²) >= 11 is 0. The van der Waals surface area contributed by atoms with E-state index in [0.29, 0.717) is 0 Å². The van der Waals surface area contributed by atoms with Crippen LogP contribution in [0.1, 0.15) is 25.8 Å². The summed E-state index contributed by atoms with van der Waals surface area (Å²) in [5, 5.41) is 3.35. The Morgan fingerprint density at radius 2 is 1.94 bits per heavy atom. The lowest BCUT2D eigenvalue weighted by molar-refractivity contribution is 0.542. The van der Waals surface area contributed by atoms with Gasteiger partial charge in [0, 0.05) is 6.04 Å². The lowest BCUT2D eigenvalue weighted by Crippen LogP contribution is -2.30. The minimum atomic E-state index is -0.202. The summed E-state index contributed by atoms with van der Waals surface area (Å²) < 4.78 is 12.7. The van der Waals surface area contributed by atoms with E-state index < -0.39 is 0 Å². The van der Waals surface area contributed by atoms with Gasteiger partial charge in [-0.2, -0.15) is 0 Å². The smallest absolute Gasteiger partial charge is 0.123 e. The molecule has 0 aromatic heterocycles. The molecule has 3 N–H and O–H groups in total. The second-order valence-corrected chi connectivity index (χ2v) is 5.12. The van der Waals surface area contributed by atoms with Crippen molar-refractivity contribution in [2.45, 2.75) is 32.7 Å². The van der Waals surface area contributed by atoms with Gasteiger partial charge in [-0.15, -0.1) is 0 Å². The maximum atomic E-state index is 12.7. The fourth-order valence-corrected chi connectivity index (χ4v) is 1.70. The average molecular weight is 251 g/mol. The van der Waals surface area contributed by atoms with Crippen molar-refractivity contribution in [2.75, 3.05) is 13.1 Å². The molecule has 18 heavy (non-hydrogen) atoms. The molecule has 0 aliphatic carbocycles. The van der Waals surface area contributed by atoms with Gasteiger partial charge in [-0.25, -0.2) is 4.39 Å². The monoisotopic (exact) mass is 251 g/mol. The summed E-state index contributed by atoms with van der Waals surface area (Å²) in [6, 6.07) is 6.54. The van der Waals surface area contributed by atoms with Crippen molar-refractivity contribution < 1.29 is 4.39 Å². The van der Waals surface area contributed by atoms with E-state index in [9.17, 15) is 4.39 Å². The van der Waals surface area contributed by atoms with Crippen molar-refractivity contribution in [1.82, 2.24) is 5.32 Å². The Labute approximate surface area is 110 Å². The van der Waals surface area contributed by atoms with Crippen LogP contribution in [0.3, 0.4) is 0 Å². The Hall–Kier alpha value is -0.930. The first-order valence-electron chi connectivity index (χ1n) is 6.62.